The molecule has 5 aliphatic rings. The third-order valence-electron chi connectivity index (χ3n) is 10.9. The molecule has 0 spiro atoms. The van der Waals surface area contributed by atoms with Crippen molar-refractivity contribution >= 4 is 131 Å². The van der Waals surface area contributed by atoms with Gasteiger partial charge in [-0.25, -0.2) is 0 Å². The molecule has 0 bridgehead atoms. The summed E-state index contributed by atoms with van der Waals surface area (Å²) in [6.45, 7) is -13.7. The number of halogens is 8. The van der Waals surface area contributed by atoms with Crippen molar-refractivity contribution in [3.63, 3.8) is 0 Å². The quantitative estimate of drug-likeness (QED) is 0.101. The Bertz CT molecular complexity index is 1950. The van der Waals surface area contributed by atoms with Gasteiger partial charge < -0.3 is 0 Å². The summed E-state index contributed by atoms with van der Waals surface area (Å²) in [5.74, 6) is -2.74. The molecule has 4 aromatic carbocycles. The van der Waals surface area contributed by atoms with E-state index in [0.29, 0.717) is 14.3 Å². The third kappa shape index (κ3) is 4.53. The van der Waals surface area contributed by atoms with Gasteiger partial charge in [0.1, 0.15) is 0 Å². The molecule has 56 heavy (non-hydrogen) atoms. The average molecular weight is 1240 g/mol. The zero-order chi connectivity index (χ0) is 39.7. The van der Waals surface area contributed by atoms with E-state index in [9.17, 15) is 0 Å². The van der Waals surface area contributed by atoms with Gasteiger partial charge >= 0.3 is 357 Å². The van der Waals surface area contributed by atoms with E-state index >= 15 is 17.6 Å². The second-order valence-corrected chi connectivity index (χ2v) is 30.0. The molecular formula is C32H36B4F4I4O12. The average Bonchev–Trinajstić information content (AvgIpc) is 3.88. The van der Waals surface area contributed by atoms with Crippen molar-refractivity contribution in [3.05, 3.63) is 110 Å². The van der Waals surface area contributed by atoms with E-state index in [0.717, 1.165) is 0 Å². The standard InChI is InChI=1S/C32H36B4F4I4O12/c1-45-33-29-21(37)13-9-17-25(29)41(49-5)53(33)35(47-3)31-23(39)15-11-19-27(31)43(51-7)56(35)36(48-4)32-24(40)16-12-20-28(32)44(52-8)55(36)34(46-2)30-22(38)14-10-18-26(30)42(50-6)54(33)34/h9-20H,1-8H3. The van der Waals surface area contributed by atoms with Crippen LogP contribution in [0.1, 0.15) is 0 Å². The monoisotopic (exact) mass is 1240 g/mol. The number of hydrogen-bond donors (Lipinski definition) is 0. The van der Waals surface area contributed by atoms with Gasteiger partial charge in [0.2, 0.25) is 0 Å². The molecule has 0 amide bonds. The van der Waals surface area contributed by atoms with Crippen molar-refractivity contribution < 1.29 is 58.6 Å². The molecule has 24 heteroatoms. The molecule has 0 aliphatic carbocycles. The fraction of sp³-hybridized carbons (Fsp3) is 0.250. The summed E-state index contributed by atoms with van der Waals surface area (Å²) in [5, 5.41) is 0. The fourth-order valence-corrected chi connectivity index (χ4v) is 33.3. The molecule has 5 heterocycles. The summed E-state index contributed by atoms with van der Waals surface area (Å²) in [6, 6.07) is 18.4. The normalized spacial score (nSPS) is 30.6. The van der Waals surface area contributed by atoms with Gasteiger partial charge in [0.05, 0.1) is 0 Å². The Morgan fingerprint density at radius 2 is 0.554 bits per heavy atom. The predicted octanol–water partition coefficient (Wildman–Crippen LogP) is 5.40. The summed E-state index contributed by atoms with van der Waals surface area (Å²) < 4.78 is 137. The van der Waals surface area contributed by atoms with Crippen LogP contribution in [0.5, 0.6) is 0 Å². The molecule has 4 aromatic rings. The topological polar surface area (TPSA) is 84.6 Å². The Morgan fingerprint density at radius 3 is 0.714 bits per heavy atom. The molecule has 304 valence electrons. The summed E-state index contributed by atoms with van der Waals surface area (Å²) in [6.07, 6.45) is 0. The van der Waals surface area contributed by atoms with Crippen molar-refractivity contribution in [1.29, 1.82) is 0 Å². The van der Waals surface area contributed by atoms with Crippen LogP contribution in [0, 0.1) is 37.5 Å². The number of benzene rings is 4. The van der Waals surface area contributed by atoms with Crippen LogP contribution in [0.2, 0.25) is 0 Å². The van der Waals surface area contributed by atoms with Crippen molar-refractivity contribution in [3.8, 4) is 0 Å². The second kappa shape index (κ2) is 14.5. The zero-order valence-corrected chi connectivity index (χ0v) is 39.8. The van der Waals surface area contributed by atoms with Crippen molar-refractivity contribution in [2.75, 3.05) is 56.9 Å². The van der Waals surface area contributed by atoms with Gasteiger partial charge in [0.15, 0.2) is 0 Å². The van der Waals surface area contributed by atoms with E-state index in [1.54, 1.807) is 48.5 Å². The molecule has 0 aromatic heterocycles. The van der Waals surface area contributed by atoms with Gasteiger partial charge in [-0.05, 0) is 0 Å². The van der Waals surface area contributed by atoms with E-state index in [1.165, 1.54) is 81.1 Å². The van der Waals surface area contributed by atoms with Crippen LogP contribution < -0.4 is 21.9 Å². The SMILES string of the molecule is COI1c2cccc(F)c2[B-]2(OC)[O+]1[B-]1(OC)c3c(F)cccc3I(OC)[O+]1[B-]1(OC)c3c(F)cccc3I(OC)[O+]1[B-]1(OC)c3c(F)cccc3I(OC)[O+]21. The van der Waals surface area contributed by atoms with E-state index in [1.807, 2.05) is 0 Å². The molecule has 0 radical (unpaired) electrons. The minimum atomic E-state index is -3.71. The summed E-state index contributed by atoms with van der Waals surface area (Å²) in [5.41, 5.74) is 0.141. The molecule has 5 aliphatic heterocycles. The zero-order valence-electron chi connectivity index (χ0n) is 31.2. The van der Waals surface area contributed by atoms with Crippen LogP contribution >= 0.6 is 82.6 Å². The number of fused-ring (bicyclic) bond motifs is 16. The molecule has 0 unspecified atom stereocenters. The van der Waals surface area contributed by atoms with Crippen LogP contribution in [-0.2, 0) is 41.0 Å². The summed E-state index contributed by atoms with van der Waals surface area (Å²) >= 11 is -14.8. The van der Waals surface area contributed by atoms with Gasteiger partial charge in [-0.3, -0.25) is 0 Å². The molecule has 1 fully saturated rings. The maximum atomic E-state index is 17.3. The van der Waals surface area contributed by atoms with Crippen LogP contribution in [0.3, 0.4) is 0 Å². The first-order valence-electron chi connectivity index (χ1n) is 17.0. The summed E-state index contributed by atoms with van der Waals surface area (Å²) in [7, 11) is 11.5. The van der Waals surface area contributed by atoms with E-state index < -0.39 is 133 Å². The Morgan fingerprint density at radius 1 is 0.357 bits per heavy atom. The Kier molecular flexibility index (Phi) is 10.5. The molecule has 0 N–H and O–H groups in total. The Hall–Kier alpha value is -0.700. The Balaban J connectivity index is 1.61. The van der Waals surface area contributed by atoms with Crippen LogP contribution in [0.25, 0.3) is 0 Å². The van der Waals surface area contributed by atoms with Crippen LogP contribution in [0.15, 0.2) is 72.8 Å². The first-order valence-corrected chi connectivity index (χ1v) is 28.3. The fourth-order valence-electron chi connectivity index (χ4n) is 9.19. The third-order valence-corrected chi connectivity index (χ3v) is 30.7. The molecule has 9 rings (SSSR count). The molecule has 1 saturated heterocycles. The number of rotatable bonds is 8. The maximum absolute atomic E-state index is 17.3. The minimum absolute atomic E-state index is 0.0352. The first-order chi connectivity index (χ1) is 27.1. The predicted molar refractivity (Wildman–Crippen MR) is 238 cm³/mol. The molecule has 0 saturated carbocycles. The van der Waals surface area contributed by atoms with Crippen LogP contribution in [-0.4, -0.2) is 83.9 Å². The van der Waals surface area contributed by atoms with Crippen LogP contribution in [0.4, 0.5) is 17.6 Å². The molecular weight excluding hydrogens is 1200 g/mol. The van der Waals surface area contributed by atoms with E-state index in [2.05, 4.69) is 10.1 Å². The van der Waals surface area contributed by atoms with Crippen molar-refractivity contribution in [1.82, 2.24) is 0 Å². The summed E-state index contributed by atoms with van der Waals surface area (Å²) in [4.78, 5) is 0. The van der Waals surface area contributed by atoms with E-state index in [4.69, 9.17) is 30.9 Å². The van der Waals surface area contributed by atoms with Crippen molar-refractivity contribution in [2.45, 2.75) is 0 Å². The first kappa shape index (κ1) is 40.7. The van der Waals surface area contributed by atoms with Gasteiger partial charge in [0.25, 0.3) is 0 Å². The number of hydrogen-bond acceptors (Lipinski definition) is 8. The van der Waals surface area contributed by atoms with Gasteiger partial charge in [-0.15, -0.1) is 0 Å². The molecule has 12 nitrogen and oxygen atoms in total. The van der Waals surface area contributed by atoms with Gasteiger partial charge in [-0.2, -0.15) is 0 Å². The van der Waals surface area contributed by atoms with Gasteiger partial charge in [-0.1, -0.05) is 0 Å². The Labute approximate surface area is 353 Å². The van der Waals surface area contributed by atoms with E-state index in [-0.39, 0.29) is 21.9 Å². The molecule has 0 atom stereocenters. The van der Waals surface area contributed by atoms with Gasteiger partial charge in [0, 0.05) is 0 Å². The second-order valence-electron chi connectivity index (χ2n) is 12.8. The van der Waals surface area contributed by atoms with Crippen molar-refractivity contribution in [2.24, 2.45) is 0 Å².